The zero-order valence-electron chi connectivity index (χ0n) is 15.5. The molecule has 0 saturated carbocycles. The van der Waals surface area contributed by atoms with Crippen LogP contribution in [-0.2, 0) is 0 Å². The third-order valence-electron chi connectivity index (χ3n) is 5.32. The fraction of sp³-hybridized carbons (Fsp3) is 0. The number of fused-ring (bicyclic) bond motifs is 4. The van der Waals surface area contributed by atoms with Gasteiger partial charge >= 0.3 is 0 Å². The van der Waals surface area contributed by atoms with Crippen LogP contribution in [0.3, 0.4) is 0 Å². The summed E-state index contributed by atoms with van der Waals surface area (Å²) in [6.45, 7) is 0. The molecular weight excluding hydrogens is 372 g/mol. The molecule has 0 aliphatic carbocycles. The van der Waals surface area contributed by atoms with E-state index in [4.69, 9.17) is 9.97 Å². The molecule has 0 saturated heterocycles. The second kappa shape index (κ2) is 6.50. The fourth-order valence-corrected chi connectivity index (χ4v) is 5.04. The summed E-state index contributed by atoms with van der Waals surface area (Å²) in [5.74, 6) is 0.771. The standard InChI is InChI=1S/C26H16N2S/c1-2-10-18(11-3-1)25-27-24(20-15-8-12-17-9-4-5-13-19(17)20)23-21-14-6-7-16-22(21)29-26(23)28-25/h1-16H. The van der Waals surface area contributed by atoms with Gasteiger partial charge in [-0.25, -0.2) is 9.97 Å². The Balaban J connectivity index is 1.78. The van der Waals surface area contributed by atoms with Gasteiger partial charge in [-0.3, -0.25) is 0 Å². The molecule has 0 N–H and O–H groups in total. The summed E-state index contributed by atoms with van der Waals surface area (Å²) in [6.07, 6.45) is 0. The van der Waals surface area contributed by atoms with Crippen LogP contribution in [0.25, 0.3) is 53.7 Å². The van der Waals surface area contributed by atoms with Crippen LogP contribution in [0, 0.1) is 0 Å². The minimum Gasteiger partial charge on any atom is -0.227 e. The predicted octanol–water partition coefficient (Wildman–Crippen LogP) is 7.33. The van der Waals surface area contributed by atoms with Crippen LogP contribution in [0.2, 0.25) is 0 Å². The number of nitrogens with zero attached hydrogens (tertiary/aromatic N) is 2. The van der Waals surface area contributed by atoms with Crippen molar-refractivity contribution in [1.82, 2.24) is 9.97 Å². The minimum absolute atomic E-state index is 0.771. The Morgan fingerprint density at radius 2 is 1.31 bits per heavy atom. The van der Waals surface area contributed by atoms with Gasteiger partial charge in [0.1, 0.15) is 4.83 Å². The van der Waals surface area contributed by atoms with E-state index < -0.39 is 0 Å². The lowest BCUT2D eigenvalue weighted by Gasteiger charge is -2.10. The van der Waals surface area contributed by atoms with Crippen molar-refractivity contribution in [3.63, 3.8) is 0 Å². The van der Waals surface area contributed by atoms with E-state index in [1.807, 2.05) is 18.2 Å². The molecule has 3 heteroatoms. The zero-order chi connectivity index (χ0) is 19.2. The SMILES string of the molecule is c1ccc(-c2nc(-c3cccc4ccccc34)c3c(n2)sc2ccccc23)cc1. The predicted molar refractivity (Wildman–Crippen MR) is 123 cm³/mol. The van der Waals surface area contributed by atoms with E-state index in [9.17, 15) is 0 Å². The lowest BCUT2D eigenvalue weighted by atomic mass is 9.99. The van der Waals surface area contributed by atoms with Crippen molar-refractivity contribution in [2.24, 2.45) is 0 Å². The van der Waals surface area contributed by atoms with E-state index in [1.165, 1.54) is 20.9 Å². The van der Waals surface area contributed by atoms with Crippen molar-refractivity contribution in [2.45, 2.75) is 0 Å². The van der Waals surface area contributed by atoms with Gasteiger partial charge in [-0.1, -0.05) is 91.0 Å². The van der Waals surface area contributed by atoms with Crippen molar-refractivity contribution in [3.05, 3.63) is 97.1 Å². The van der Waals surface area contributed by atoms with Gasteiger partial charge in [0.15, 0.2) is 5.82 Å². The third kappa shape index (κ3) is 2.63. The molecule has 2 aromatic heterocycles. The summed E-state index contributed by atoms with van der Waals surface area (Å²) < 4.78 is 1.24. The van der Waals surface area contributed by atoms with Crippen LogP contribution in [0.4, 0.5) is 0 Å². The minimum atomic E-state index is 0.771. The van der Waals surface area contributed by atoms with Gasteiger partial charge in [0, 0.05) is 26.6 Å². The third-order valence-corrected chi connectivity index (χ3v) is 6.38. The first-order valence-corrected chi connectivity index (χ1v) is 10.4. The van der Waals surface area contributed by atoms with Crippen LogP contribution in [0.5, 0.6) is 0 Å². The van der Waals surface area contributed by atoms with Crippen LogP contribution < -0.4 is 0 Å². The molecule has 6 aromatic rings. The highest BCUT2D eigenvalue weighted by atomic mass is 32.1. The first-order valence-electron chi connectivity index (χ1n) is 9.61. The Hall–Kier alpha value is -3.56. The molecule has 29 heavy (non-hydrogen) atoms. The van der Waals surface area contributed by atoms with E-state index in [1.54, 1.807) is 11.3 Å². The summed E-state index contributed by atoms with van der Waals surface area (Å²) in [6, 6.07) is 33.7. The number of benzene rings is 4. The van der Waals surface area contributed by atoms with Gasteiger partial charge in [-0.2, -0.15) is 0 Å². The van der Waals surface area contributed by atoms with E-state index in [0.29, 0.717) is 0 Å². The van der Waals surface area contributed by atoms with Crippen LogP contribution in [0.1, 0.15) is 0 Å². The molecule has 0 bridgehead atoms. The topological polar surface area (TPSA) is 25.8 Å². The van der Waals surface area contributed by atoms with Crippen molar-refractivity contribution in [3.8, 4) is 22.6 Å². The normalized spacial score (nSPS) is 11.4. The van der Waals surface area contributed by atoms with E-state index >= 15 is 0 Å². The molecule has 0 atom stereocenters. The Kier molecular flexibility index (Phi) is 3.68. The van der Waals surface area contributed by atoms with E-state index in [-0.39, 0.29) is 0 Å². The van der Waals surface area contributed by atoms with Crippen LogP contribution in [-0.4, -0.2) is 9.97 Å². The molecule has 0 radical (unpaired) electrons. The molecular formula is C26H16N2S. The molecule has 136 valence electrons. The van der Waals surface area contributed by atoms with Crippen LogP contribution >= 0.6 is 11.3 Å². The lowest BCUT2D eigenvalue weighted by Crippen LogP contribution is -1.94. The van der Waals surface area contributed by atoms with E-state index in [2.05, 4.69) is 78.9 Å². The maximum Gasteiger partial charge on any atom is 0.161 e. The molecule has 6 rings (SSSR count). The molecule has 0 aliphatic rings. The number of rotatable bonds is 2. The maximum absolute atomic E-state index is 5.11. The highest BCUT2D eigenvalue weighted by Crippen LogP contribution is 2.41. The highest BCUT2D eigenvalue weighted by Gasteiger charge is 2.17. The second-order valence-electron chi connectivity index (χ2n) is 7.07. The monoisotopic (exact) mass is 388 g/mol. The number of thiophene rings is 1. The van der Waals surface area contributed by atoms with Gasteiger partial charge in [-0.05, 0) is 16.8 Å². The number of hydrogen-bond donors (Lipinski definition) is 0. The largest absolute Gasteiger partial charge is 0.227 e. The van der Waals surface area contributed by atoms with Gasteiger partial charge < -0.3 is 0 Å². The number of hydrogen-bond acceptors (Lipinski definition) is 3. The Morgan fingerprint density at radius 1 is 0.586 bits per heavy atom. The quantitative estimate of drug-likeness (QED) is 0.310. The summed E-state index contributed by atoms with van der Waals surface area (Å²) in [5.41, 5.74) is 3.19. The molecule has 0 unspecified atom stereocenters. The summed E-state index contributed by atoms with van der Waals surface area (Å²) >= 11 is 1.73. The van der Waals surface area contributed by atoms with Crippen molar-refractivity contribution in [2.75, 3.05) is 0 Å². The first kappa shape index (κ1) is 16.4. The first-order chi connectivity index (χ1) is 14.4. The second-order valence-corrected chi connectivity index (χ2v) is 8.10. The molecule has 0 amide bonds. The summed E-state index contributed by atoms with van der Waals surface area (Å²) in [4.78, 5) is 11.1. The van der Waals surface area contributed by atoms with Crippen molar-refractivity contribution < 1.29 is 0 Å². The molecule has 4 aromatic carbocycles. The summed E-state index contributed by atoms with van der Waals surface area (Å²) in [7, 11) is 0. The molecule has 0 spiro atoms. The van der Waals surface area contributed by atoms with E-state index in [0.717, 1.165) is 32.9 Å². The van der Waals surface area contributed by atoms with Gasteiger partial charge in [0.2, 0.25) is 0 Å². The van der Waals surface area contributed by atoms with Gasteiger partial charge in [-0.15, -0.1) is 11.3 Å². The van der Waals surface area contributed by atoms with Gasteiger partial charge in [0.25, 0.3) is 0 Å². The van der Waals surface area contributed by atoms with Crippen LogP contribution in [0.15, 0.2) is 97.1 Å². The number of aromatic nitrogens is 2. The fourth-order valence-electron chi connectivity index (χ4n) is 3.97. The molecule has 0 aliphatic heterocycles. The molecule has 0 fully saturated rings. The Morgan fingerprint density at radius 3 is 2.21 bits per heavy atom. The Bertz CT molecular complexity index is 1490. The maximum atomic E-state index is 5.11. The average Bonchev–Trinajstić information content (AvgIpc) is 3.17. The van der Waals surface area contributed by atoms with Crippen molar-refractivity contribution in [1.29, 1.82) is 0 Å². The highest BCUT2D eigenvalue weighted by molar-refractivity contribution is 7.25. The smallest absolute Gasteiger partial charge is 0.161 e. The zero-order valence-corrected chi connectivity index (χ0v) is 16.4. The molecule has 2 nitrogen and oxygen atoms in total. The lowest BCUT2D eigenvalue weighted by molar-refractivity contribution is 1.24. The Labute approximate surface area is 172 Å². The van der Waals surface area contributed by atoms with Gasteiger partial charge in [0.05, 0.1) is 5.69 Å². The van der Waals surface area contributed by atoms with Crippen molar-refractivity contribution >= 4 is 42.4 Å². The summed E-state index contributed by atoms with van der Waals surface area (Å²) in [5, 5.41) is 4.79. The molecule has 2 heterocycles. The average molecular weight is 388 g/mol.